The van der Waals surface area contributed by atoms with Crippen LogP contribution in [0.3, 0.4) is 0 Å². The lowest BCUT2D eigenvalue weighted by Gasteiger charge is -2.45. The first kappa shape index (κ1) is 21.5. The first-order valence-corrected chi connectivity index (χ1v) is 10.3. The molecule has 0 spiro atoms. The van der Waals surface area contributed by atoms with Crippen molar-refractivity contribution in [1.82, 2.24) is 0 Å². The number of aliphatic hydroxyl groups is 1. The second kappa shape index (κ2) is 7.90. The Labute approximate surface area is 167 Å². The fraction of sp³-hybridized carbons (Fsp3) is 0.773. The summed E-state index contributed by atoms with van der Waals surface area (Å²) < 4.78 is 12.0. The Bertz CT molecular complexity index is 651. The van der Waals surface area contributed by atoms with Crippen LogP contribution in [0.15, 0.2) is 23.8 Å². The fourth-order valence-electron chi connectivity index (χ4n) is 5.58. The lowest BCUT2D eigenvalue weighted by atomic mass is 9.62. The number of hydrogen-bond donors (Lipinski definition) is 2. The van der Waals surface area contributed by atoms with Crippen molar-refractivity contribution in [2.45, 2.75) is 83.9 Å². The molecule has 0 radical (unpaired) electrons. The van der Waals surface area contributed by atoms with E-state index >= 15 is 0 Å². The van der Waals surface area contributed by atoms with Crippen molar-refractivity contribution in [2.75, 3.05) is 0 Å². The number of allylic oxidation sites excluding steroid dienone is 1. The Balaban J connectivity index is 2.08. The van der Waals surface area contributed by atoms with Gasteiger partial charge in [0.25, 0.3) is 0 Å². The van der Waals surface area contributed by atoms with Gasteiger partial charge < -0.3 is 14.6 Å². The van der Waals surface area contributed by atoms with Crippen LogP contribution in [0.25, 0.3) is 0 Å². The summed E-state index contributed by atoms with van der Waals surface area (Å²) in [6.45, 7) is 13.6. The maximum Gasteiger partial charge on any atom is 0.303 e. The summed E-state index contributed by atoms with van der Waals surface area (Å²) in [7, 11) is 0. The van der Waals surface area contributed by atoms with E-state index < -0.39 is 29.9 Å². The molecule has 158 valence electrons. The van der Waals surface area contributed by atoms with Gasteiger partial charge in [0.15, 0.2) is 0 Å². The summed E-state index contributed by atoms with van der Waals surface area (Å²) in [6.07, 6.45) is 1.67. The molecular formula is C22H34O6. The number of fused-ring (bicyclic) bond motifs is 5. The van der Waals surface area contributed by atoms with Crippen LogP contribution in [0, 0.1) is 23.7 Å². The van der Waals surface area contributed by atoms with Gasteiger partial charge in [-0.05, 0) is 44.1 Å². The molecule has 0 saturated carbocycles. The summed E-state index contributed by atoms with van der Waals surface area (Å²) in [5, 5.41) is 21.1. The Hall–Kier alpha value is -1.21. The average molecular weight is 395 g/mol. The monoisotopic (exact) mass is 394 g/mol. The third-order valence-corrected chi connectivity index (χ3v) is 7.08. The van der Waals surface area contributed by atoms with E-state index in [1.165, 1.54) is 12.5 Å². The van der Waals surface area contributed by atoms with Crippen molar-refractivity contribution in [3.8, 4) is 0 Å². The molecule has 28 heavy (non-hydrogen) atoms. The molecule has 2 heterocycles. The Morgan fingerprint density at radius 2 is 2.11 bits per heavy atom. The molecule has 0 aromatic carbocycles. The SMILES string of the molecule is C=C1C[C@H]2O[C@H]([C@H]3[C@@H]2C(C)=CC[C@@H]3C(C)C)[C@](C)(O)[C@@H](OC(C)=O)C[C@@H]1OO. The molecule has 2 N–H and O–H groups in total. The molecule has 3 aliphatic rings. The van der Waals surface area contributed by atoms with Gasteiger partial charge in [-0.15, -0.1) is 0 Å². The van der Waals surface area contributed by atoms with Crippen LogP contribution in [0.4, 0.5) is 0 Å². The molecule has 8 atom stereocenters. The lowest BCUT2D eigenvalue weighted by molar-refractivity contribution is -0.278. The maximum atomic E-state index is 11.8. The number of esters is 1. The highest BCUT2D eigenvalue weighted by molar-refractivity contribution is 5.66. The molecule has 0 aromatic rings. The van der Waals surface area contributed by atoms with E-state index in [0.29, 0.717) is 23.8 Å². The molecule has 6 nitrogen and oxygen atoms in total. The average Bonchev–Trinajstić information content (AvgIpc) is 2.99. The van der Waals surface area contributed by atoms with Crippen molar-refractivity contribution < 1.29 is 29.5 Å². The second-order valence-electron chi connectivity index (χ2n) is 9.31. The zero-order valence-corrected chi connectivity index (χ0v) is 17.6. The molecule has 2 fully saturated rings. The van der Waals surface area contributed by atoms with E-state index in [2.05, 4.69) is 38.3 Å². The molecule has 3 rings (SSSR count). The van der Waals surface area contributed by atoms with Crippen LogP contribution in [0.1, 0.15) is 53.9 Å². The van der Waals surface area contributed by atoms with Gasteiger partial charge >= 0.3 is 5.97 Å². The van der Waals surface area contributed by atoms with Crippen LogP contribution in [-0.2, 0) is 19.2 Å². The van der Waals surface area contributed by atoms with Crippen molar-refractivity contribution in [2.24, 2.45) is 23.7 Å². The summed E-state index contributed by atoms with van der Waals surface area (Å²) in [5.74, 6) is 0.598. The van der Waals surface area contributed by atoms with Crippen LogP contribution >= 0.6 is 0 Å². The fourth-order valence-corrected chi connectivity index (χ4v) is 5.58. The zero-order chi connectivity index (χ0) is 20.8. The van der Waals surface area contributed by atoms with Crippen molar-refractivity contribution in [1.29, 1.82) is 0 Å². The smallest absolute Gasteiger partial charge is 0.303 e. The van der Waals surface area contributed by atoms with Gasteiger partial charge in [0.05, 0.1) is 12.2 Å². The third kappa shape index (κ3) is 3.67. The molecule has 2 aliphatic heterocycles. The summed E-state index contributed by atoms with van der Waals surface area (Å²) in [4.78, 5) is 16.4. The van der Waals surface area contributed by atoms with Gasteiger partial charge in [-0.1, -0.05) is 32.1 Å². The van der Waals surface area contributed by atoms with E-state index in [1.807, 2.05) is 0 Å². The molecular weight excluding hydrogens is 360 g/mol. The second-order valence-corrected chi connectivity index (χ2v) is 9.31. The van der Waals surface area contributed by atoms with E-state index in [-0.39, 0.29) is 24.4 Å². The Kier molecular flexibility index (Phi) is 6.07. The Morgan fingerprint density at radius 3 is 2.68 bits per heavy atom. The van der Waals surface area contributed by atoms with Crippen LogP contribution < -0.4 is 0 Å². The summed E-state index contributed by atoms with van der Waals surface area (Å²) in [5.41, 5.74) is 0.528. The van der Waals surface area contributed by atoms with Gasteiger partial charge in [-0.2, -0.15) is 0 Å². The number of hydrogen-bond acceptors (Lipinski definition) is 6. The van der Waals surface area contributed by atoms with Gasteiger partial charge in [0, 0.05) is 25.2 Å². The summed E-state index contributed by atoms with van der Waals surface area (Å²) >= 11 is 0. The maximum absolute atomic E-state index is 11.8. The highest BCUT2D eigenvalue weighted by Gasteiger charge is 2.59. The largest absolute Gasteiger partial charge is 0.459 e. The molecule has 0 aromatic heterocycles. The quantitative estimate of drug-likeness (QED) is 0.330. The molecule has 2 saturated heterocycles. The number of ether oxygens (including phenoxy) is 2. The number of carbonyl (C=O) groups is 1. The third-order valence-electron chi connectivity index (χ3n) is 7.08. The van der Waals surface area contributed by atoms with E-state index in [9.17, 15) is 15.2 Å². The first-order chi connectivity index (χ1) is 13.1. The normalized spacial score (nSPS) is 43.6. The number of rotatable bonds is 3. The van der Waals surface area contributed by atoms with Gasteiger partial charge in [-0.25, -0.2) is 4.89 Å². The highest BCUT2D eigenvalue weighted by Crippen LogP contribution is 2.54. The highest BCUT2D eigenvalue weighted by atomic mass is 17.1. The zero-order valence-electron chi connectivity index (χ0n) is 17.6. The molecule has 6 heteroatoms. The first-order valence-electron chi connectivity index (χ1n) is 10.3. The standard InChI is InChI=1S/C22H34O6/c1-11(2)15-8-7-12(3)19-17-9-13(4)16(28-25)10-18(26-14(5)23)22(6,24)21(27-17)20(15)19/h7,11,15-21,24-25H,4,8-10H2,1-3,5-6H3/t15-,16+,17-,18+,19-,20-,21-,22-/m1/s1. The van der Waals surface area contributed by atoms with Crippen LogP contribution in [0.5, 0.6) is 0 Å². The van der Waals surface area contributed by atoms with Gasteiger partial charge in [0.2, 0.25) is 0 Å². The van der Waals surface area contributed by atoms with E-state index in [0.717, 1.165) is 6.42 Å². The van der Waals surface area contributed by atoms with Crippen molar-refractivity contribution >= 4 is 5.97 Å². The molecule has 0 amide bonds. The minimum atomic E-state index is -1.42. The predicted molar refractivity (Wildman–Crippen MR) is 104 cm³/mol. The molecule has 2 bridgehead atoms. The minimum absolute atomic E-state index is 0.127. The van der Waals surface area contributed by atoms with Gasteiger partial charge in [-0.3, -0.25) is 10.1 Å². The summed E-state index contributed by atoms with van der Waals surface area (Å²) in [6, 6.07) is 0. The molecule has 1 aliphatic carbocycles. The minimum Gasteiger partial charge on any atom is -0.459 e. The van der Waals surface area contributed by atoms with Gasteiger partial charge in [0.1, 0.15) is 17.8 Å². The molecule has 0 unspecified atom stereocenters. The van der Waals surface area contributed by atoms with Crippen molar-refractivity contribution in [3.05, 3.63) is 23.8 Å². The van der Waals surface area contributed by atoms with Crippen LogP contribution in [-0.4, -0.2) is 46.3 Å². The van der Waals surface area contributed by atoms with Crippen LogP contribution in [0.2, 0.25) is 0 Å². The predicted octanol–water partition coefficient (Wildman–Crippen LogP) is 3.50. The van der Waals surface area contributed by atoms with E-state index in [1.54, 1.807) is 6.92 Å². The number of carbonyl (C=O) groups excluding carboxylic acids is 1. The Morgan fingerprint density at radius 1 is 1.43 bits per heavy atom. The topological polar surface area (TPSA) is 85.2 Å². The van der Waals surface area contributed by atoms with Crippen molar-refractivity contribution in [3.63, 3.8) is 0 Å². The lowest BCUT2D eigenvalue weighted by Crippen LogP contribution is -2.56. The van der Waals surface area contributed by atoms with E-state index in [4.69, 9.17) is 9.47 Å².